The van der Waals surface area contributed by atoms with Crippen LogP contribution < -0.4 is 10.1 Å². The van der Waals surface area contributed by atoms with E-state index in [1.54, 1.807) is 19.1 Å². The van der Waals surface area contributed by atoms with Gasteiger partial charge in [-0.3, -0.25) is 4.79 Å². The van der Waals surface area contributed by atoms with Gasteiger partial charge in [-0.1, -0.05) is 6.07 Å². The van der Waals surface area contributed by atoms with Gasteiger partial charge in [-0.05, 0) is 61.5 Å². The lowest BCUT2D eigenvalue weighted by atomic mass is 10.1. The Morgan fingerprint density at radius 1 is 1.12 bits per heavy atom. The fraction of sp³-hybridized carbons (Fsp3) is 0.0455. The molecule has 10 nitrogen and oxygen atoms in total. The number of hydrazone groups is 1. The fourth-order valence-electron chi connectivity index (χ4n) is 3.23. The average Bonchev–Trinajstić information content (AvgIpc) is 3.33. The normalized spacial score (nSPS) is 15.2. The second-order valence-electron chi connectivity index (χ2n) is 7.14. The lowest BCUT2D eigenvalue weighted by Crippen LogP contribution is -2.21. The highest BCUT2D eigenvalue weighted by Gasteiger charge is 2.29. The standard InChI is InChI=1S/C22H17N3O7S/c1-12-18(21(27)25(24-12)14-3-6-16(7-4-14)33(23,30)31)11-15-5-9-20(32-15)13-2-8-17(22(28)29)19(26)10-13/h2-11,26H,1H3,(H,28,29)(H2,23,30,31)/b18-11-. The zero-order valence-corrected chi connectivity index (χ0v) is 17.9. The summed E-state index contributed by atoms with van der Waals surface area (Å²) in [4.78, 5) is 23.9. The van der Waals surface area contributed by atoms with Gasteiger partial charge in [-0.2, -0.15) is 10.1 Å². The van der Waals surface area contributed by atoms with E-state index in [9.17, 15) is 23.1 Å². The molecule has 11 heteroatoms. The molecule has 0 saturated heterocycles. The lowest BCUT2D eigenvalue weighted by Gasteiger charge is -2.11. The van der Waals surface area contributed by atoms with Crippen molar-refractivity contribution < 1.29 is 32.6 Å². The third kappa shape index (κ3) is 4.27. The molecule has 0 atom stereocenters. The van der Waals surface area contributed by atoms with Gasteiger partial charge in [0.15, 0.2) is 0 Å². The molecule has 4 rings (SSSR count). The smallest absolute Gasteiger partial charge is 0.339 e. The van der Waals surface area contributed by atoms with Crippen molar-refractivity contribution in [1.82, 2.24) is 0 Å². The number of primary sulfonamides is 1. The third-order valence-corrected chi connectivity index (χ3v) is 5.83. The van der Waals surface area contributed by atoms with Crippen LogP contribution in [0, 0.1) is 0 Å². The van der Waals surface area contributed by atoms with Crippen molar-refractivity contribution in [1.29, 1.82) is 0 Å². The van der Waals surface area contributed by atoms with Gasteiger partial charge in [0.05, 0.1) is 21.9 Å². The fourth-order valence-corrected chi connectivity index (χ4v) is 3.75. The van der Waals surface area contributed by atoms with Crippen LogP contribution in [0.25, 0.3) is 17.4 Å². The molecule has 168 valence electrons. The molecule has 33 heavy (non-hydrogen) atoms. The first kappa shape index (κ1) is 22.0. The summed E-state index contributed by atoms with van der Waals surface area (Å²) in [7, 11) is -3.86. The molecule has 1 aliphatic heterocycles. The maximum Gasteiger partial charge on any atom is 0.339 e. The summed E-state index contributed by atoms with van der Waals surface area (Å²) in [6, 6.07) is 12.7. The summed E-state index contributed by atoms with van der Waals surface area (Å²) in [5, 5.41) is 29.4. The summed E-state index contributed by atoms with van der Waals surface area (Å²) >= 11 is 0. The Morgan fingerprint density at radius 2 is 1.82 bits per heavy atom. The van der Waals surface area contributed by atoms with Crippen molar-refractivity contribution in [2.45, 2.75) is 11.8 Å². The number of furan rings is 1. The van der Waals surface area contributed by atoms with Crippen molar-refractivity contribution in [3.63, 3.8) is 0 Å². The van der Waals surface area contributed by atoms with Gasteiger partial charge in [0.25, 0.3) is 5.91 Å². The maximum absolute atomic E-state index is 12.9. The van der Waals surface area contributed by atoms with Gasteiger partial charge >= 0.3 is 5.97 Å². The van der Waals surface area contributed by atoms with E-state index in [2.05, 4.69) is 5.10 Å². The number of carbonyl (C=O) groups is 2. The minimum atomic E-state index is -3.86. The Balaban J connectivity index is 1.59. The van der Waals surface area contributed by atoms with E-state index in [4.69, 9.17) is 14.7 Å². The van der Waals surface area contributed by atoms with E-state index in [-0.39, 0.29) is 16.0 Å². The van der Waals surface area contributed by atoms with Gasteiger partial charge in [-0.25, -0.2) is 18.4 Å². The molecule has 0 radical (unpaired) electrons. The molecule has 0 spiro atoms. The first-order valence-corrected chi connectivity index (χ1v) is 11.0. The Labute approximate surface area is 187 Å². The van der Waals surface area contributed by atoms with Gasteiger partial charge in [0, 0.05) is 5.56 Å². The number of benzene rings is 2. The number of nitrogens with two attached hydrogens (primary N) is 1. The van der Waals surface area contributed by atoms with Gasteiger partial charge in [0.1, 0.15) is 22.8 Å². The summed E-state index contributed by atoms with van der Waals surface area (Å²) in [6.07, 6.45) is 1.51. The molecule has 0 saturated carbocycles. The highest BCUT2D eigenvalue weighted by Crippen LogP contribution is 2.30. The summed E-state index contributed by atoms with van der Waals surface area (Å²) in [5.41, 5.74) is 1.30. The van der Waals surface area contributed by atoms with E-state index >= 15 is 0 Å². The number of amides is 1. The number of aromatic carboxylic acids is 1. The second kappa shape index (κ2) is 8.04. The zero-order chi connectivity index (χ0) is 23.9. The minimum Gasteiger partial charge on any atom is -0.507 e. The van der Waals surface area contributed by atoms with Crippen LogP contribution in [0.5, 0.6) is 5.75 Å². The third-order valence-electron chi connectivity index (χ3n) is 4.90. The van der Waals surface area contributed by atoms with E-state index in [1.807, 2.05) is 0 Å². The molecule has 4 N–H and O–H groups in total. The van der Waals surface area contributed by atoms with Crippen LogP contribution in [-0.2, 0) is 14.8 Å². The van der Waals surface area contributed by atoms with Crippen LogP contribution in [0.15, 0.2) is 74.6 Å². The van der Waals surface area contributed by atoms with Crippen LogP contribution in [-0.4, -0.2) is 36.2 Å². The zero-order valence-electron chi connectivity index (χ0n) is 17.1. The van der Waals surface area contributed by atoms with Crippen molar-refractivity contribution in [2.24, 2.45) is 10.2 Å². The number of phenols is 1. The van der Waals surface area contributed by atoms with E-state index in [0.29, 0.717) is 28.5 Å². The minimum absolute atomic E-state index is 0.0834. The lowest BCUT2D eigenvalue weighted by molar-refractivity contribution is -0.114. The Hall–Kier alpha value is -4.22. The van der Waals surface area contributed by atoms with Gasteiger partial charge < -0.3 is 14.6 Å². The highest BCUT2D eigenvalue weighted by atomic mass is 32.2. The van der Waals surface area contributed by atoms with Crippen LogP contribution in [0.3, 0.4) is 0 Å². The topological polar surface area (TPSA) is 163 Å². The van der Waals surface area contributed by atoms with Gasteiger partial charge in [0.2, 0.25) is 10.0 Å². The van der Waals surface area contributed by atoms with Crippen LogP contribution in [0.2, 0.25) is 0 Å². The molecule has 2 aromatic carbocycles. The summed E-state index contributed by atoms with van der Waals surface area (Å²) < 4.78 is 28.6. The molecule has 1 aromatic heterocycles. The first-order valence-electron chi connectivity index (χ1n) is 9.46. The molecule has 0 bridgehead atoms. The predicted molar refractivity (Wildman–Crippen MR) is 119 cm³/mol. The van der Waals surface area contributed by atoms with Crippen molar-refractivity contribution >= 4 is 39.4 Å². The highest BCUT2D eigenvalue weighted by molar-refractivity contribution is 7.89. The molecule has 0 fully saturated rings. The van der Waals surface area contributed by atoms with E-state index in [1.165, 1.54) is 48.5 Å². The van der Waals surface area contributed by atoms with Gasteiger partial charge in [-0.15, -0.1) is 0 Å². The number of nitrogens with zero attached hydrogens (tertiary/aromatic N) is 2. The molecule has 1 aliphatic rings. The number of carboxylic acid groups (broad SMARTS) is 1. The molecular weight excluding hydrogens is 450 g/mol. The quantitative estimate of drug-likeness (QED) is 0.486. The molecule has 3 aromatic rings. The molecule has 0 aliphatic carbocycles. The van der Waals surface area contributed by atoms with Crippen LogP contribution in [0.1, 0.15) is 23.0 Å². The monoisotopic (exact) mass is 467 g/mol. The first-order chi connectivity index (χ1) is 15.5. The number of sulfonamides is 1. The van der Waals surface area contributed by atoms with Crippen molar-refractivity contribution in [2.75, 3.05) is 5.01 Å². The number of aromatic hydroxyl groups is 1. The van der Waals surface area contributed by atoms with Crippen molar-refractivity contribution in [3.8, 4) is 17.1 Å². The second-order valence-corrected chi connectivity index (χ2v) is 8.70. The molecule has 0 unspecified atom stereocenters. The maximum atomic E-state index is 12.9. The summed E-state index contributed by atoms with van der Waals surface area (Å²) in [5.74, 6) is -1.37. The Bertz CT molecular complexity index is 1450. The van der Waals surface area contributed by atoms with E-state index < -0.39 is 27.6 Å². The van der Waals surface area contributed by atoms with Crippen molar-refractivity contribution in [3.05, 3.63) is 71.5 Å². The average molecular weight is 467 g/mol. The number of carbonyl (C=O) groups excluding carboxylic acids is 1. The number of rotatable bonds is 5. The van der Waals surface area contributed by atoms with E-state index in [0.717, 1.165) is 5.01 Å². The Morgan fingerprint density at radius 3 is 2.42 bits per heavy atom. The summed E-state index contributed by atoms with van der Waals surface area (Å²) in [6.45, 7) is 1.65. The number of hydrogen-bond acceptors (Lipinski definition) is 7. The van der Waals surface area contributed by atoms with Crippen LogP contribution in [0.4, 0.5) is 5.69 Å². The predicted octanol–water partition coefficient (Wildman–Crippen LogP) is 2.80. The largest absolute Gasteiger partial charge is 0.507 e. The SMILES string of the molecule is CC1=NN(c2ccc(S(N)(=O)=O)cc2)C(=O)/C1=C\c1ccc(-c2ccc(C(=O)O)c(O)c2)o1. The van der Waals surface area contributed by atoms with Crippen LogP contribution >= 0.6 is 0 Å². The Kier molecular flexibility index (Phi) is 5.36. The number of anilines is 1. The number of hydrogen-bond donors (Lipinski definition) is 3. The molecule has 2 heterocycles. The number of carboxylic acids is 1. The molecule has 1 amide bonds. The molecular formula is C22H17N3O7S.